The van der Waals surface area contributed by atoms with E-state index in [9.17, 15) is 4.79 Å². The minimum Gasteiger partial charge on any atom is -0.494 e. The first-order chi connectivity index (χ1) is 15.2. The van der Waals surface area contributed by atoms with Crippen LogP contribution in [0.15, 0.2) is 79.1 Å². The normalized spacial score (nSPS) is 10.9. The number of carbonyl (C=O) groups excluding carboxylic acids is 1. The van der Waals surface area contributed by atoms with Crippen LogP contribution < -0.4 is 4.74 Å². The summed E-state index contributed by atoms with van der Waals surface area (Å²) in [7, 11) is 1.81. The molecule has 0 saturated heterocycles. The summed E-state index contributed by atoms with van der Waals surface area (Å²) >= 11 is 0. The van der Waals surface area contributed by atoms with Crippen LogP contribution in [0.3, 0.4) is 0 Å². The molecular formula is C25H26N4O2. The van der Waals surface area contributed by atoms with Gasteiger partial charge in [-0.1, -0.05) is 30.3 Å². The maximum atomic E-state index is 12.8. The zero-order valence-corrected chi connectivity index (χ0v) is 17.6. The van der Waals surface area contributed by atoms with E-state index < -0.39 is 0 Å². The lowest BCUT2D eigenvalue weighted by molar-refractivity contribution is 0.0780. The van der Waals surface area contributed by atoms with Gasteiger partial charge in [-0.3, -0.25) is 9.78 Å². The van der Waals surface area contributed by atoms with Crippen molar-refractivity contribution in [1.29, 1.82) is 0 Å². The molecule has 6 nitrogen and oxygen atoms in total. The summed E-state index contributed by atoms with van der Waals surface area (Å²) in [5.41, 5.74) is 2.66. The maximum absolute atomic E-state index is 12.8. The summed E-state index contributed by atoms with van der Waals surface area (Å²) in [6, 6.07) is 21.4. The summed E-state index contributed by atoms with van der Waals surface area (Å²) in [6.45, 7) is 1.94. The summed E-state index contributed by atoms with van der Waals surface area (Å²) in [6.07, 6.45) is 5.16. The molecule has 2 aromatic heterocycles. The van der Waals surface area contributed by atoms with E-state index in [1.54, 1.807) is 36.5 Å². The van der Waals surface area contributed by atoms with Crippen molar-refractivity contribution in [3.05, 3.63) is 90.5 Å². The van der Waals surface area contributed by atoms with E-state index in [4.69, 9.17) is 9.72 Å². The molecule has 1 amide bonds. The van der Waals surface area contributed by atoms with Crippen LogP contribution in [0.4, 0.5) is 0 Å². The number of benzene rings is 2. The molecule has 4 aromatic rings. The van der Waals surface area contributed by atoms with Crippen LogP contribution in [0.25, 0.3) is 11.0 Å². The average molecular weight is 415 g/mol. The fourth-order valence-corrected chi connectivity index (χ4v) is 3.57. The van der Waals surface area contributed by atoms with E-state index in [0.29, 0.717) is 18.7 Å². The number of hydrogen-bond acceptors (Lipinski definition) is 4. The molecule has 6 heteroatoms. The largest absolute Gasteiger partial charge is 0.494 e. The van der Waals surface area contributed by atoms with Crippen LogP contribution >= 0.6 is 0 Å². The summed E-state index contributed by atoms with van der Waals surface area (Å²) in [5, 5.41) is 0. The van der Waals surface area contributed by atoms with Crippen molar-refractivity contribution in [2.24, 2.45) is 0 Å². The van der Waals surface area contributed by atoms with Crippen LogP contribution in [0.2, 0.25) is 0 Å². The fraction of sp³-hybridized carbons (Fsp3) is 0.240. The number of nitrogens with zero attached hydrogens (tertiary/aromatic N) is 4. The highest BCUT2D eigenvalue weighted by Gasteiger charge is 2.16. The molecule has 4 rings (SSSR count). The molecule has 158 valence electrons. The number of para-hydroxylation sites is 3. The fourth-order valence-electron chi connectivity index (χ4n) is 3.57. The molecule has 0 aliphatic carbocycles. The average Bonchev–Trinajstić information content (AvgIpc) is 3.16. The van der Waals surface area contributed by atoms with Crippen molar-refractivity contribution in [3.8, 4) is 5.75 Å². The van der Waals surface area contributed by atoms with E-state index in [1.807, 2.05) is 48.5 Å². The van der Waals surface area contributed by atoms with Gasteiger partial charge in [-0.15, -0.1) is 0 Å². The molecule has 2 heterocycles. The third-order valence-electron chi connectivity index (χ3n) is 5.17. The highest BCUT2D eigenvalue weighted by molar-refractivity contribution is 5.93. The second kappa shape index (κ2) is 9.89. The number of amides is 1. The second-order valence-electron chi connectivity index (χ2n) is 7.43. The number of pyridine rings is 1. The van der Waals surface area contributed by atoms with Gasteiger partial charge in [0.1, 0.15) is 11.6 Å². The number of imidazole rings is 1. The van der Waals surface area contributed by atoms with Crippen molar-refractivity contribution in [2.75, 3.05) is 13.7 Å². The Morgan fingerprint density at radius 3 is 2.52 bits per heavy atom. The van der Waals surface area contributed by atoms with Crippen LogP contribution in [-0.2, 0) is 13.1 Å². The smallest absolute Gasteiger partial charge is 0.254 e. The van der Waals surface area contributed by atoms with Crippen LogP contribution in [-0.4, -0.2) is 39.0 Å². The number of unbranched alkanes of at least 4 members (excludes halogenated alkanes) is 1. The maximum Gasteiger partial charge on any atom is 0.254 e. The minimum atomic E-state index is -0.0442. The van der Waals surface area contributed by atoms with Gasteiger partial charge >= 0.3 is 0 Å². The number of fused-ring (bicyclic) bond motifs is 1. The first-order valence-electron chi connectivity index (χ1n) is 10.5. The van der Waals surface area contributed by atoms with Gasteiger partial charge in [-0.2, -0.15) is 0 Å². The molecule has 2 aromatic carbocycles. The van der Waals surface area contributed by atoms with Gasteiger partial charge in [-0.25, -0.2) is 4.98 Å². The standard InChI is InChI=1S/C25H26N4O2/c1-28(25(30)20-13-15-26-16-14-20)19-24-27-22-11-5-6-12-23(22)29(24)17-7-8-18-31-21-9-3-2-4-10-21/h2-6,9-16H,7-8,17-19H2,1H3. The van der Waals surface area contributed by atoms with Gasteiger partial charge in [-0.05, 0) is 49.2 Å². The minimum absolute atomic E-state index is 0.0442. The molecular weight excluding hydrogens is 388 g/mol. The lowest BCUT2D eigenvalue weighted by atomic mass is 10.2. The van der Waals surface area contributed by atoms with E-state index in [2.05, 4.69) is 15.6 Å². The van der Waals surface area contributed by atoms with Gasteiger partial charge in [0.05, 0.1) is 24.2 Å². The molecule has 0 fully saturated rings. The molecule has 0 saturated carbocycles. The molecule has 31 heavy (non-hydrogen) atoms. The summed E-state index contributed by atoms with van der Waals surface area (Å²) in [4.78, 5) is 23.2. The van der Waals surface area contributed by atoms with Crippen molar-refractivity contribution in [3.63, 3.8) is 0 Å². The first kappa shape index (κ1) is 20.6. The molecule has 0 spiro atoms. The van der Waals surface area contributed by atoms with E-state index in [0.717, 1.165) is 42.0 Å². The number of carbonyl (C=O) groups is 1. The van der Waals surface area contributed by atoms with Crippen LogP contribution in [0, 0.1) is 0 Å². The molecule has 0 atom stereocenters. The van der Waals surface area contributed by atoms with E-state index in [1.165, 1.54) is 0 Å². The Kier molecular flexibility index (Phi) is 6.57. The van der Waals surface area contributed by atoms with Crippen molar-refractivity contribution >= 4 is 16.9 Å². The molecule has 0 bridgehead atoms. The van der Waals surface area contributed by atoms with Crippen molar-refractivity contribution in [2.45, 2.75) is 25.9 Å². The molecule has 0 N–H and O–H groups in total. The number of ether oxygens (including phenoxy) is 1. The third kappa shape index (κ3) is 5.09. The Hall–Kier alpha value is -3.67. The SMILES string of the molecule is CN(Cc1nc2ccccc2n1CCCCOc1ccccc1)C(=O)c1ccncc1. The summed E-state index contributed by atoms with van der Waals surface area (Å²) in [5.74, 6) is 1.74. The third-order valence-corrected chi connectivity index (χ3v) is 5.17. The number of hydrogen-bond donors (Lipinski definition) is 0. The number of aryl methyl sites for hydroxylation is 1. The lowest BCUT2D eigenvalue weighted by Gasteiger charge is -2.18. The quantitative estimate of drug-likeness (QED) is 0.377. The van der Waals surface area contributed by atoms with Gasteiger partial charge in [0.2, 0.25) is 0 Å². The predicted molar refractivity (Wildman–Crippen MR) is 121 cm³/mol. The van der Waals surface area contributed by atoms with Gasteiger partial charge < -0.3 is 14.2 Å². The lowest BCUT2D eigenvalue weighted by Crippen LogP contribution is -2.27. The molecule has 0 radical (unpaired) electrons. The molecule has 0 aliphatic heterocycles. The topological polar surface area (TPSA) is 60.2 Å². The van der Waals surface area contributed by atoms with Gasteiger partial charge in [0.25, 0.3) is 5.91 Å². The highest BCUT2D eigenvalue weighted by atomic mass is 16.5. The summed E-state index contributed by atoms with van der Waals surface area (Å²) < 4.78 is 8.02. The first-order valence-corrected chi connectivity index (χ1v) is 10.5. The molecule has 0 unspecified atom stereocenters. The highest BCUT2D eigenvalue weighted by Crippen LogP contribution is 2.19. The van der Waals surface area contributed by atoms with Crippen molar-refractivity contribution < 1.29 is 9.53 Å². The monoisotopic (exact) mass is 414 g/mol. The number of aromatic nitrogens is 3. The Balaban J connectivity index is 1.42. The zero-order valence-electron chi connectivity index (χ0n) is 17.6. The van der Waals surface area contributed by atoms with Gasteiger partial charge in [0, 0.05) is 31.5 Å². The van der Waals surface area contributed by atoms with Gasteiger partial charge in [0.15, 0.2) is 0 Å². The van der Waals surface area contributed by atoms with E-state index >= 15 is 0 Å². The Labute approximate surface area is 182 Å². The Morgan fingerprint density at radius 2 is 1.71 bits per heavy atom. The zero-order chi connectivity index (χ0) is 21.5. The van der Waals surface area contributed by atoms with Crippen LogP contribution in [0.1, 0.15) is 29.0 Å². The second-order valence-corrected chi connectivity index (χ2v) is 7.43. The number of rotatable bonds is 9. The Bertz CT molecular complexity index is 1130. The predicted octanol–water partition coefficient (Wildman–Crippen LogP) is 4.56. The van der Waals surface area contributed by atoms with E-state index in [-0.39, 0.29) is 5.91 Å². The Morgan fingerprint density at radius 1 is 0.968 bits per heavy atom. The molecule has 0 aliphatic rings. The van der Waals surface area contributed by atoms with Crippen LogP contribution in [0.5, 0.6) is 5.75 Å². The van der Waals surface area contributed by atoms with Crippen molar-refractivity contribution in [1.82, 2.24) is 19.4 Å².